The highest BCUT2D eigenvalue weighted by molar-refractivity contribution is 7.88. The highest BCUT2D eigenvalue weighted by Gasteiger charge is 2.22. The number of benzene rings is 1. The minimum Gasteiger partial charge on any atom is -0.321 e. The zero-order valence-corrected chi connectivity index (χ0v) is 14.8. The summed E-state index contributed by atoms with van der Waals surface area (Å²) in [5.41, 5.74) is 3.11. The Morgan fingerprint density at radius 2 is 1.83 bits per heavy atom. The topological polar surface area (TPSA) is 93.1 Å². The number of nitrogens with one attached hydrogen (secondary N) is 2. The number of rotatable bonds is 4. The van der Waals surface area contributed by atoms with Crippen LogP contribution in [0, 0.1) is 13.8 Å². The van der Waals surface area contributed by atoms with E-state index in [1.165, 1.54) is 6.33 Å². The van der Waals surface area contributed by atoms with Crippen LogP contribution in [0.2, 0.25) is 0 Å². The average Bonchev–Trinajstić information content (AvgIpc) is 2.68. The number of carbonyl (C=O) groups is 1. The number of fused-ring (bicyclic) bond motifs is 1. The third kappa shape index (κ3) is 4.52. The maximum Gasteiger partial charge on any atom is 0.301 e. The molecule has 8 heteroatoms. The van der Waals surface area contributed by atoms with Crippen molar-refractivity contribution in [3.63, 3.8) is 0 Å². The molecule has 1 heterocycles. The van der Waals surface area contributed by atoms with E-state index in [1.807, 2.05) is 30.7 Å². The molecule has 0 aliphatic rings. The van der Waals surface area contributed by atoms with Crippen LogP contribution >= 0.6 is 0 Å². The lowest BCUT2D eigenvalue weighted by Crippen LogP contribution is -2.49. The second-order valence-electron chi connectivity index (χ2n) is 6.68. The predicted octanol–water partition coefficient (Wildman–Crippen LogP) is 1.40. The van der Waals surface area contributed by atoms with Crippen molar-refractivity contribution in [3.8, 4) is 0 Å². The first-order valence-corrected chi connectivity index (χ1v) is 8.72. The van der Waals surface area contributed by atoms with Gasteiger partial charge in [-0.05, 0) is 57.9 Å². The molecule has 0 fully saturated rings. The Bertz CT molecular complexity index is 847. The number of aryl methyl sites for hydroxylation is 2. The average molecular weight is 338 g/mol. The molecule has 1 aromatic carbocycles. The van der Waals surface area contributed by atoms with Gasteiger partial charge in [-0.3, -0.25) is 4.79 Å². The van der Waals surface area contributed by atoms with Crippen molar-refractivity contribution in [2.45, 2.75) is 46.7 Å². The molecular formula is C15H22N4O3S. The monoisotopic (exact) mass is 338 g/mol. The van der Waals surface area contributed by atoms with Crippen molar-refractivity contribution in [2.75, 3.05) is 0 Å². The largest absolute Gasteiger partial charge is 0.321 e. The van der Waals surface area contributed by atoms with Gasteiger partial charge in [0.05, 0.1) is 17.4 Å². The van der Waals surface area contributed by atoms with Gasteiger partial charge in [-0.25, -0.2) is 9.71 Å². The molecule has 0 atom stereocenters. The molecule has 0 saturated carbocycles. The van der Waals surface area contributed by atoms with Crippen molar-refractivity contribution in [3.05, 3.63) is 29.6 Å². The first-order valence-electron chi connectivity index (χ1n) is 7.23. The molecule has 0 spiro atoms. The van der Waals surface area contributed by atoms with Gasteiger partial charge >= 0.3 is 10.2 Å². The van der Waals surface area contributed by atoms with Crippen LogP contribution in [-0.4, -0.2) is 29.4 Å². The van der Waals surface area contributed by atoms with E-state index in [0.29, 0.717) is 0 Å². The third-order valence-corrected chi connectivity index (χ3v) is 4.62. The van der Waals surface area contributed by atoms with Gasteiger partial charge in [-0.1, -0.05) is 0 Å². The Kier molecular flexibility index (Phi) is 4.50. The highest BCUT2D eigenvalue weighted by atomic mass is 32.2. The highest BCUT2D eigenvalue weighted by Crippen LogP contribution is 2.18. The van der Waals surface area contributed by atoms with Gasteiger partial charge in [0.15, 0.2) is 0 Å². The van der Waals surface area contributed by atoms with E-state index in [2.05, 4.69) is 9.71 Å². The second kappa shape index (κ2) is 5.93. The summed E-state index contributed by atoms with van der Waals surface area (Å²) >= 11 is 0. The molecule has 126 valence electrons. The normalized spacial score (nSPS) is 12.6. The van der Waals surface area contributed by atoms with Gasteiger partial charge in [0, 0.05) is 5.54 Å². The van der Waals surface area contributed by atoms with Crippen LogP contribution in [0.4, 0.5) is 0 Å². The van der Waals surface area contributed by atoms with Gasteiger partial charge in [0.2, 0.25) is 0 Å². The van der Waals surface area contributed by atoms with E-state index < -0.39 is 21.7 Å². The lowest BCUT2D eigenvalue weighted by molar-refractivity contribution is -0.119. The summed E-state index contributed by atoms with van der Waals surface area (Å²) in [4.78, 5) is 16.3. The van der Waals surface area contributed by atoms with Crippen molar-refractivity contribution in [1.82, 2.24) is 19.0 Å². The third-order valence-electron chi connectivity index (χ3n) is 3.24. The van der Waals surface area contributed by atoms with Crippen LogP contribution < -0.4 is 9.44 Å². The van der Waals surface area contributed by atoms with Gasteiger partial charge in [0.1, 0.15) is 6.54 Å². The Morgan fingerprint density at radius 1 is 1.22 bits per heavy atom. The number of hydrogen-bond donors (Lipinski definition) is 2. The molecule has 2 aromatic rings. The lowest BCUT2D eigenvalue weighted by Gasteiger charge is -2.20. The summed E-state index contributed by atoms with van der Waals surface area (Å²) in [6.45, 7) is 8.95. The van der Waals surface area contributed by atoms with Crippen LogP contribution in [0.25, 0.3) is 11.0 Å². The fourth-order valence-electron chi connectivity index (χ4n) is 2.20. The van der Waals surface area contributed by atoms with Crippen LogP contribution in [0.1, 0.15) is 31.9 Å². The van der Waals surface area contributed by atoms with E-state index >= 15 is 0 Å². The van der Waals surface area contributed by atoms with Crippen LogP contribution in [0.15, 0.2) is 18.5 Å². The van der Waals surface area contributed by atoms with E-state index in [0.717, 1.165) is 22.2 Å². The number of amides is 1. The molecule has 2 rings (SSSR count). The molecule has 7 nitrogen and oxygen atoms in total. The number of imidazole rings is 1. The minimum absolute atomic E-state index is 0.121. The fraction of sp³-hybridized carbons (Fsp3) is 0.467. The van der Waals surface area contributed by atoms with Crippen LogP contribution in [0.5, 0.6) is 0 Å². The molecular weight excluding hydrogens is 316 g/mol. The van der Waals surface area contributed by atoms with E-state index in [-0.39, 0.29) is 6.54 Å². The van der Waals surface area contributed by atoms with Crippen molar-refractivity contribution in [2.24, 2.45) is 0 Å². The van der Waals surface area contributed by atoms with Gasteiger partial charge in [0.25, 0.3) is 5.91 Å². The summed E-state index contributed by atoms with van der Waals surface area (Å²) in [6, 6.07) is 3.88. The first-order chi connectivity index (χ1) is 10.5. The molecule has 0 radical (unpaired) electrons. The molecule has 0 saturated heterocycles. The summed E-state index contributed by atoms with van der Waals surface area (Å²) in [5, 5.41) is 0. The Morgan fingerprint density at radius 3 is 2.43 bits per heavy atom. The van der Waals surface area contributed by atoms with Gasteiger partial charge in [-0.15, -0.1) is 0 Å². The molecule has 1 amide bonds. The SMILES string of the molecule is Cc1cc2ncn(CC(=O)NS(=O)(=O)NC(C)(C)C)c2cc1C. The first kappa shape index (κ1) is 17.4. The lowest BCUT2D eigenvalue weighted by atomic mass is 10.1. The maximum absolute atomic E-state index is 12.0. The Balaban J connectivity index is 2.17. The predicted molar refractivity (Wildman–Crippen MR) is 89.2 cm³/mol. The smallest absolute Gasteiger partial charge is 0.301 e. The zero-order chi connectivity index (χ0) is 17.4. The number of aromatic nitrogens is 2. The summed E-state index contributed by atoms with van der Waals surface area (Å²) < 4.78 is 29.8. The molecule has 0 unspecified atom stereocenters. The number of hydrogen-bond acceptors (Lipinski definition) is 4. The van der Waals surface area contributed by atoms with Crippen LogP contribution in [-0.2, 0) is 21.5 Å². The van der Waals surface area contributed by atoms with E-state index in [1.54, 1.807) is 25.3 Å². The van der Waals surface area contributed by atoms with Crippen LogP contribution in [0.3, 0.4) is 0 Å². The fourth-order valence-corrected chi connectivity index (χ4v) is 3.43. The van der Waals surface area contributed by atoms with Crippen molar-refractivity contribution >= 4 is 27.1 Å². The molecule has 0 aliphatic heterocycles. The molecule has 0 aliphatic carbocycles. The minimum atomic E-state index is -3.89. The zero-order valence-electron chi connectivity index (χ0n) is 14.0. The molecule has 1 aromatic heterocycles. The summed E-state index contributed by atoms with van der Waals surface area (Å²) in [7, 11) is -3.89. The second-order valence-corrected chi connectivity index (χ2v) is 8.09. The summed E-state index contributed by atoms with van der Waals surface area (Å²) in [5.74, 6) is -0.626. The molecule has 23 heavy (non-hydrogen) atoms. The number of nitrogens with zero attached hydrogens (tertiary/aromatic N) is 2. The Labute approximate surface area is 136 Å². The van der Waals surface area contributed by atoms with E-state index in [4.69, 9.17) is 0 Å². The number of carbonyl (C=O) groups excluding carboxylic acids is 1. The van der Waals surface area contributed by atoms with E-state index in [9.17, 15) is 13.2 Å². The van der Waals surface area contributed by atoms with Crippen molar-refractivity contribution < 1.29 is 13.2 Å². The summed E-state index contributed by atoms with van der Waals surface area (Å²) in [6.07, 6.45) is 1.53. The molecule has 0 bridgehead atoms. The van der Waals surface area contributed by atoms with Crippen molar-refractivity contribution in [1.29, 1.82) is 0 Å². The quantitative estimate of drug-likeness (QED) is 0.881. The molecule has 2 N–H and O–H groups in total. The standard InChI is InChI=1S/C15H22N4O3S/c1-10-6-12-13(7-11(10)2)19(9-16-12)8-14(20)17-23(21,22)18-15(3,4)5/h6-7,9,18H,8H2,1-5H3,(H,17,20). The van der Waals surface area contributed by atoms with Gasteiger partial charge < -0.3 is 4.57 Å². The maximum atomic E-state index is 12.0. The van der Waals surface area contributed by atoms with Gasteiger partial charge in [-0.2, -0.15) is 13.1 Å². The Hall–Kier alpha value is -1.93.